The van der Waals surface area contributed by atoms with E-state index in [1.807, 2.05) is 6.08 Å². The SMILES string of the molecule is CC12C=CC(=O)C=C1CCC1C2CCC2(C)C(C(=O)O)CCC12.CO. The minimum absolute atomic E-state index is 0.0134. The lowest BCUT2D eigenvalue weighted by Gasteiger charge is -2.56. The van der Waals surface area contributed by atoms with Gasteiger partial charge in [-0.3, -0.25) is 9.59 Å². The van der Waals surface area contributed by atoms with E-state index in [2.05, 4.69) is 19.9 Å². The Morgan fingerprint density at radius 1 is 1.12 bits per heavy atom. The van der Waals surface area contributed by atoms with E-state index in [0.717, 1.165) is 45.6 Å². The molecular weight excluding hydrogens is 316 g/mol. The lowest BCUT2D eigenvalue weighted by atomic mass is 9.48. The topological polar surface area (TPSA) is 74.6 Å². The first kappa shape index (κ1) is 18.4. The van der Waals surface area contributed by atoms with Crippen molar-refractivity contribution in [1.29, 1.82) is 0 Å². The first-order valence-electron chi connectivity index (χ1n) is 9.48. The third-order valence-corrected chi connectivity index (χ3v) is 7.85. The van der Waals surface area contributed by atoms with Crippen molar-refractivity contribution in [2.45, 2.75) is 52.4 Å². The Kier molecular flexibility index (Phi) is 4.69. The van der Waals surface area contributed by atoms with Crippen LogP contribution in [0, 0.1) is 34.5 Å². The summed E-state index contributed by atoms with van der Waals surface area (Å²) in [6.45, 7) is 4.53. The van der Waals surface area contributed by atoms with E-state index < -0.39 is 5.97 Å². The molecular formula is C21H30O4. The van der Waals surface area contributed by atoms with Gasteiger partial charge >= 0.3 is 5.97 Å². The highest BCUT2D eigenvalue weighted by Gasteiger charge is 2.59. The van der Waals surface area contributed by atoms with Gasteiger partial charge < -0.3 is 10.2 Å². The number of aliphatic hydroxyl groups is 1. The zero-order valence-corrected chi connectivity index (χ0v) is 15.5. The van der Waals surface area contributed by atoms with Crippen LogP contribution in [-0.4, -0.2) is 29.1 Å². The van der Waals surface area contributed by atoms with Gasteiger partial charge in [0.15, 0.2) is 5.78 Å². The average Bonchev–Trinajstić information content (AvgIpc) is 2.95. The predicted octanol–water partition coefficient (Wildman–Crippen LogP) is 3.60. The largest absolute Gasteiger partial charge is 0.481 e. The summed E-state index contributed by atoms with van der Waals surface area (Å²) in [6.07, 6.45) is 11.9. The molecule has 3 saturated carbocycles. The molecule has 0 spiro atoms. The number of fused-ring (bicyclic) bond motifs is 5. The average molecular weight is 346 g/mol. The van der Waals surface area contributed by atoms with Crippen molar-refractivity contribution in [2.24, 2.45) is 34.5 Å². The van der Waals surface area contributed by atoms with Gasteiger partial charge in [-0.15, -0.1) is 0 Å². The van der Waals surface area contributed by atoms with E-state index in [9.17, 15) is 14.7 Å². The Labute approximate surface area is 150 Å². The fraction of sp³-hybridized carbons (Fsp3) is 0.714. The molecule has 4 heteroatoms. The fourth-order valence-corrected chi connectivity index (χ4v) is 6.60. The summed E-state index contributed by atoms with van der Waals surface area (Å²) >= 11 is 0. The Bertz CT molecular complexity index is 634. The molecule has 0 saturated heterocycles. The van der Waals surface area contributed by atoms with Crippen LogP contribution in [0.15, 0.2) is 23.8 Å². The Morgan fingerprint density at radius 3 is 2.52 bits per heavy atom. The van der Waals surface area contributed by atoms with Crippen molar-refractivity contribution in [2.75, 3.05) is 7.11 Å². The molecule has 6 atom stereocenters. The molecule has 0 aromatic heterocycles. The highest BCUT2D eigenvalue weighted by molar-refractivity contribution is 6.01. The van der Waals surface area contributed by atoms with Gasteiger partial charge in [0.25, 0.3) is 0 Å². The maximum atomic E-state index is 11.7. The van der Waals surface area contributed by atoms with Crippen LogP contribution >= 0.6 is 0 Å². The summed E-state index contributed by atoms with van der Waals surface area (Å²) in [5.41, 5.74) is 1.29. The standard InChI is InChI=1S/C20H26O3.CH4O/c1-19-9-7-13(21)11-12(19)3-4-14-15-5-6-17(18(22)23)20(15,2)10-8-16(14)19;1-2/h7,9,11,14-17H,3-6,8,10H2,1-2H3,(H,22,23);2H,1H3. The van der Waals surface area contributed by atoms with Crippen LogP contribution in [0.25, 0.3) is 0 Å². The number of carboxylic acids is 1. The predicted molar refractivity (Wildman–Crippen MR) is 95.9 cm³/mol. The van der Waals surface area contributed by atoms with Gasteiger partial charge in [-0.25, -0.2) is 0 Å². The zero-order valence-electron chi connectivity index (χ0n) is 15.5. The summed E-state index contributed by atoms with van der Waals surface area (Å²) in [5.74, 6) is 1.08. The van der Waals surface area contributed by atoms with Gasteiger partial charge in [-0.1, -0.05) is 25.5 Å². The molecule has 4 aliphatic carbocycles. The zero-order chi connectivity index (χ0) is 18.4. The Balaban J connectivity index is 0.000000880. The van der Waals surface area contributed by atoms with Gasteiger partial charge in [0.1, 0.15) is 0 Å². The second-order valence-corrected chi connectivity index (χ2v) is 8.62. The highest BCUT2D eigenvalue weighted by atomic mass is 16.4. The molecule has 4 rings (SSSR count). The van der Waals surface area contributed by atoms with E-state index in [4.69, 9.17) is 5.11 Å². The second kappa shape index (κ2) is 6.39. The first-order chi connectivity index (χ1) is 11.9. The summed E-state index contributed by atoms with van der Waals surface area (Å²) in [4.78, 5) is 23.4. The van der Waals surface area contributed by atoms with Crippen molar-refractivity contribution in [3.05, 3.63) is 23.8 Å². The van der Waals surface area contributed by atoms with Crippen molar-refractivity contribution < 1.29 is 19.8 Å². The fourth-order valence-electron chi connectivity index (χ4n) is 6.60. The van der Waals surface area contributed by atoms with Crippen LogP contribution in [0.3, 0.4) is 0 Å². The van der Waals surface area contributed by atoms with Crippen LogP contribution in [0.1, 0.15) is 52.4 Å². The van der Waals surface area contributed by atoms with Crippen molar-refractivity contribution >= 4 is 11.8 Å². The summed E-state index contributed by atoms with van der Waals surface area (Å²) in [6, 6.07) is 0. The molecule has 6 unspecified atom stereocenters. The number of hydrogen-bond donors (Lipinski definition) is 2. The van der Waals surface area contributed by atoms with E-state index in [1.165, 1.54) is 5.57 Å². The van der Waals surface area contributed by atoms with Crippen LogP contribution in [0.2, 0.25) is 0 Å². The lowest BCUT2D eigenvalue weighted by molar-refractivity contribution is -0.148. The minimum atomic E-state index is -0.598. The lowest BCUT2D eigenvalue weighted by Crippen LogP contribution is -2.50. The molecule has 4 nitrogen and oxygen atoms in total. The number of aliphatic hydroxyl groups excluding tert-OH is 1. The van der Waals surface area contributed by atoms with Crippen LogP contribution < -0.4 is 0 Å². The number of aliphatic carboxylic acids is 1. The summed E-state index contributed by atoms with van der Waals surface area (Å²) < 4.78 is 0. The number of rotatable bonds is 1. The molecule has 3 fully saturated rings. The minimum Gasteiger partial charge on any atom is -0.481 e. The van der Waals surface area contributed by atoms with E-state index >= 15 is 0 Å². The quantitative estimate of drug-likeness (QED) is 0.761. The van der Waals surface area contributed by atoms with E-state index in [-0.39, 0.29) is 22.5 Å². The maximum Gasteiger partial charge on any atom is 0.307 e. The third kappa shape index (κ3) is 2.61. The van der Waals surface area contributed by atoms with Crippen LogP contribution in [-0.2, 0) is 9.59 Å². The molecule has 0 radical (unpaired) electrons. The van der Waals surface area contributed by atoms with E-state index in [0.29, 0.717) is 17.8 Å². The van der Waals surface area contributed by atoms with Gasteiger partial charge in [0, 0.05) is 12.5 Å². The van der Waals surface area contributed by atoms with Gasteiger partial charge in [0.05, 0.1) is 5.92 Å². The number of hydrogen-bond acceptors (Lipinski definition) is 3. The van der Waals surface area contributed by atoms with E-state index in [1.54, 1.807) is 6.08 Å². The monoisotopic (exact) mass is 346 g/mol. The smallest absolute Gasteiger partial charge is 0.307 e. The number of ketones is 1. The molecule has 0 aromatic carbocycles. The molecule has 0 amide bonds. The molecule has 4 aliphatic rings. The summed E-state index contributed by atoms with van der Waals surface area (Å²) in [5, 5.41) is 16.6. The van der Waals surface area contributed by atoms with Crippen molar-refractivity contribution in [1.82, 2.24) is 0 Å². The van der Waals surface area contributed by atoms with Crippen molar-refractivity contribution in [3.63, 3.8) is 0 Å². The first-order valence-corrected chi connectivity index (χ1v) is 9.48. The van der Waals surface area contributed by atoms with Crippen LogP contribution in [0.5, 0.6) is 0 Å². The molecule has 0 aromatic rings. The van der Waals surface area contributed by atoms with Gasteiger partial charge in [0.2, 0.25) is 0 Å². The van der Waals surface area contributed by atoms with Crippen molar-refractivity contribution in [3.8, 4) is 0 Å². The molecule has 25 heavy (non-hydrogen) atoms. The molecule has 138 valence electrons. The third-order valence-electron chi connectivity index (χ3n) is 7.85. The number of carboxylic acid groups (broad SMARTS) is 1. The maximum absolute atomic E-state index is 11.7. The highest BCUT2D eigenvalue weighted by Crippen LogP contribution is 2.65. The number of carbonyl (C=O) groups excluding carboxylic acids is 1. The van der Waals surface area contributed by atoms with Crippen LogP contribution in [0.4, 0.5) is 0 Å². The molecule has 0 aliphatic heterocycles. The second-order valence-electron chi connectivity index (χ2n) is 8.62. The molecule has 2 N–H and O–H groups in total. The number of carbonyl (C=O) groups is 2. The van der Waals surface area contributed by atoms with Gasteiger partial charge in [-0.05, 0) is 73.8 Å². The molecule has 0 heterocycles. The number of allylic oxidation sites excluding steroid dienone is 4. The Hall–Kier alpha value is -1.42. The van der Waals surface area contributed by atoms with Gasteiger partial charge in [-0.2, -0.15) is 0 Å². The summed E-state index contributed by atoms with van der Waals surface area (Å²) in [7, 11) is 1.00. The normalized spacial score (nSPS) is 44.6. The molecule has 0 bridgehead atoms. The Morgan fingerprint density at radius 2 is 1.84 bits per heavy atom.